The molecule has 0 aliphatic heterocycles. The van der Waals surface area contributed by atoms with Crippen LogP contribution in [0.25, 0.3) is 0 Å². The SMILES string of the molecule is O=C(O)c1nccnc1NCCC1CC1. The summed E-state index contributed by atoms with van der Waals surface area (Å²) >= 11 is 0. The van der Waals surface area contributed by atoms with Gasteiger partial charge in [-0.25, -0.2) is 14.8 Å². The third-order valence-corrected chi connectivity index (χ3v) is 2.44. The molecule has 1 fully saturated rings. The molecule has 0 saturated heterocycles. The van der Waals surface area contributed by atoms with Crippen molar-refractivity contribution < 1.29 is 9.90 Å². The maximum atomic E-state index is 10.8. The highest BCUT2D eigenvalue weighted by atomic mass is 16.4. The topological polar surface area (TPSA) is 75.1 Å². The van der Waals surface area contributed by atoms with Crippen molar-refractivity contribution in [2.75, 3.05) is 11.9 Å². The largest absolute Gasteiger partial charge is 0.476 e. The Morgan fingerprint density at radius 2 is 2.20 bits per heavy atom. The summed E-state index contributed by atoms with van der Waals surface area (Å²) < 4.78 is 0. The fourth-order valence-electron chi connectivity index (χ4n) is 1.43. The molecule has 0 unspecified atom stereocenters. The van der Waals surface area contributed by atoms with E-state index in [0.717, 1.165) is 18.9 Å². The Morgan fingerprint density at radius 1 is 1.47 bits per heavy atom. The number of hydrogen-bond acceptors (Lipinski definition) is 4. The molecule has 0 atom stereocenters. The standard InChI is InChI=1S/C10H13N3O2/c14-10(15)8-9(13-6-5-11-8)12-4-3-7-1-2-7/h5-7H,1-4H2,(H,12,13)(H,14,15). The molecule has 0 spiro atoms. The van der Waals surface area contributed by atoms with Crippen molar-refractivity contribution >= 4 is 11.8 Å². The lowest BCUT2D eigenvalue weighted by atomic mass is 10.3. The third-order valence-electron chi connectivity index (χ3n) is 2.44. The molecule has 0 radical (unpaired) electrons. The summed E-state index contributed by atoms with van der Waals surface area (Å²) in [6, 6.07) is 0. The third kappa shape index (κ3) is 2.65. The highest BCUT2D eigenvalue weighted by Gasteiger charge is 2.20. The summed E-state index contributed by atoms with van der Waals surface area (Å²) in [5, 5.41) is 11.9. The zero-order chi connectivity index (χ0) is 10.7. The van der Waals surface area contributed by atoms with Gasteiger partial charge in [0.2, 0.25) is 0 Å². The van der Waals surface area contributed by atoms with Crippen LogP contribution >= 0.6 is 0 Å². The number of nitrogens with zero attached hydrogens (tertiary/aromatic N) is 2. The number of hydrogen-bond donors (Lipinski definition) is 2. The van der Waals surface area contributed by atoms with E-state index >= 15 is 0 Å². The summed E-state index contributed by atoms with van der Waals surface area (Å²) in [6.07, 6.45) is 6.55. The summed E-state index contributed by atoms with van der Waals surface area (Å²) in [6.45, 7) is 0.767. The van der Waals surface area contributed by atoms with E-state index in [1.165, 1.54) is 25.2 Å². The Kier molecular flexibility index (Phi) is 2.80. The molecule has 1 aromatic heterocycles. The van der Waals surface area contributed by atoms with Crippen LogP contribution in [-0.4, -0.2) is 27.6 Å². The Labute approximate surface area is 87.6 Å². The van der Waals surface area contributed by atoms with Crippen molar-refractivity contribution in [3.05, 3.63) is 18.1 Å². The van der Waals surface area contributed by atoms with Gasteiger partial charge >= 0.3 is 5.97 Å². The van der Waals surface area contributed by atoms with Gasteiger partial charge in [0.05, 0.1) is 0 Å². The van der Waals surface area contributed by atoms with Crippen molar-refractivity contribution in [1.29, 1.82) is 0 Å². The van der Waals surface area contributed by atoms with Gasteiger partial charge in [0.1, 0.15) is 0 Å². The molecule has 1 saturated carbocycles. The Balaban J connectivity index is 1.95. The van der Waals surface area contributed by atoms with Crippen LogP contribution in [0.3, 0.4) is 0 Å². The van der Waals surface area contributed by atoms with Gasteiger partial charge in [0.25, 0.3) is 0 Å². The Hall–Kier alpha value is -1.65. The van der Waals surface area contributed by atoms with Gasteiger partial charge < -0.3 is 10.4 Å². The average Bonchev–Trinajstić information content (AvgIpc) is 3.02. The van der Waals surface area contributed by atoms with Gasteiger partial charge in [0, 0.05) is 18.9 Å². The van der Waals surface area contributed by atoms with Crippen LogP contribution in [0.15, 0.2) is 12.4 Å². The number of nitrogens with one attached hydrogen (secondary N) is 1. The minimum absolute atomic E-state index is 0.00621. The molecule has 1 aromatic rings. The predicted molar refractivity (Wildman–Crippen MR) is 54.8 cm³/mol. The number of anilines is 1. The van der Waals surface area contributed by atoms with Gasteiger partial charge in [-0.2, -0.15) is 0 Å². The van der Waals surface area contributed by atoms with Crippen molar-refractivity contribution in [3.8, 4) is 0 Å². The average molecular weight is 207 g/mol. The number of rotatable bonds is 5. The molecule has 1 aliphatic carbocycles. The van der Waals surface area contributed by atoms with Crippen LogP contribution in [0.4, 0.5) is 5.82 Å². The van der Waals surface area contributed by atoms with Crippen LogP contribution in [0, 0.1) is 5.92 Å². The maximum absolute atomic E-state index is 10.8. The molecule has 0 bridgehead atoms. The van der Waals surface area contributed by atoms with Crippen molar-refractivity contribution in [1.82, 2.24) is 9.97 Å². The fraction of sp³-hybridized carbons (Fsp3) is 0.500. The first-order valence-electron chi connectivity index (χ1n) is 5.05. The van der Waals surface area contributed by atoms with Crippen LogP contribution < -0.4 is 5.32 Å². The molecular weight excluding hydrogens is 194 g/mol. The van der Waals surface area contributed by atoms with E-state index in [9.17, 15) is 4.79 Å². The first-order valence-corrected chi connectivity index (χ1v) is 5.05. The van der Waals surface area contributed by atoms with E-state index in [1.54, 1.807) is 0 Å². The van der Waals surface area contributed by atoms with E-state index < -0.39 is 5.97 Å². The molecule has 80 valence electrons. The monoisotopic (exact) mass is 207 g/mol. The molecule has 0 amide bonds. The van der Waals surface area contributed by atoms with Gasteiger partial charge in [-0.15, -0.1) is 0 Å². The number of carboxylic acid groups (broad SMARTS) is 1. The predicted octanol–water partition coefficient (Wildman–Crippen LogP) is 1.39. The lowest BCUT2D eigenvalue weighted by Gasteiger charge is -2.06. The zero-order valence-corrected chi connectivity index (χ0v) is 8.31. The van der Waals surface area contributed by atoms with Crippen molar-refractivity contribution in [2.45, 2.75) is 19.3 Å². The van der Waals surface area contributed by atoms with Gasteiger partial charge in [-0.05, 0) is 12.3 Å². The Morgan fingerprint density at radius 3 is 2.87 bits per heavy atom. The van der Waals surface area contributed by atoms with Crippen molar-refractivity contribution in [3.63, 3.8) is 0 Å². The fourth-order valence-corrected chi connectivity index (χ4v) is 1.43. The number of carbonyl (C=O) groups is 1. The number of carboxylic acids is 1. The molecule has 2 rings (SSSR count). The first kappa shape index (κ1) is 9.89. The van der Waals surface area contributed by atoms with E-state index in [0.29, 0.717) is 5.82 Å². The normalized spacial score (nSPS) is 14.9. The summed E-state index contributed by atoms with van der Waals surface area (Å²) in [5.74, 6) is 0.144. The molecule has 5 heteroatoms. The molecule has 2 N–H and O–H groups in total. The quantitative estimate of drug-likeness (QED) is 0.763. The second-order valence-electron chi connectivity index (χ2n) is 3.72. The first-order chi connectivity index (χ1) is 7.27. The highest BCUT2D eigenvalue weighted by molar-refractivity contribution is 5.90. The zero-order valence-electron chi connectivity index (χ0n) is 8.31. The second kappa shape index (κ2) is 4.25. The minimum atomic E-state index is -1.04. The molecule has 5 nitrogen and oxygen atoms in total. The van der Waals surface area contributed by atoms with Crippen LogP contribution in [-0.2, 0) is 0 Å². The van der Waals surface area contributed by atoms with E-state index in [1.807, 2.05) is 0 Å². The van der Waals surface area contributed by atoms with Gasteiger partial charge in [-0.3, -0.25) is 0 Å². The van der Waals surface area contributed by atoms with Gasteiger partial charge in [0.15, 0.2) is 11.5 Å². The maximum Gasteiger partial charge on any atom is 0.358 e. The molecular formula is C10H13N3O2. The van der Waals surface area contributed by atoms with E-state index in [-0.39, 0.29) is 5.69 Å². The van der Waals surface area contributed by atoms with Crippen LogP contribution in [0.1, 0.15) is 29.8 Å². The van der Waals surface area contributed by atoms with E-state index in [2.05, 4.69) is 15.3 Å². The Bertz CT molecular complexity index is 363. The smallest absolute Gasteiger partial charge is 0.358 e. The molecule has 0 aromatic carbocycles. The van der Waals surface area contributed by atoms with Crippen LogP contribution in [0.5, 0.6) is 0 Å². The van der Waals surface area contributed by atoms with Crippen LogP contribution in [0.2, 0.25) is 0 Å². The van der Waals surface area contributed by atoms with Crippen molar-refractivity contribution in [2.24, 2.45) is 5.92 Å². The van der Waals surface area contributed by atoms with Gasteiger partial charge in [-0.1, -0.05) is 12.8 Å². The minimum Gasteiger partial charge on any atom is -0.476 e. The summed E-state index contributed by atoms with van der Waals surface area (Å²) in [5.41, 5.74) is -0.00621. The second-order valence-corrected chi connectivity index (χ2v) is 3.72. The molecule has 1 aliphatic rings. The number of aromatic carboxylic acids is 1. The summed E-state index contributed by atoms with van der Waals surface area (Å²) in [4.78, 5) is 18.5. The van der Waals surface area contributed by atoms with E-state index in [4.69, 9.17) is 5.11 Å². The number of aromatic nitrogens is 2. The summed E-state index contributed by atoms with van der Waals surface area (Å²) in [7, 11) is 0. The lowest BCUT2D eigenvalue weighted by Crippen LogP contribution is -2.11. The molecule has 15 heavy (non-hydrogen) atoms. The molecule has 1 heterocycles. The highest BCUT2D eigenvalue weighted by Crippen LogP contribution is 2.32. The lowest BCUT2D eigenvalue weighted by molar-refractivity contribution is 0.0691.